The fourth-order valence-electron chi connectivity index (χ4n) is 2.64. The summed E-state index contributed by atoms with van der Waals surface area (Å²) < 4.78 is 12.9. The van der Waals surface area contributed by atoms with Gasteiger partial charge in [-0.3, -0.25) is 4.79 Å². The van der Waals surface area contributed by atoms with E-state index >= 15 is 0 Å². The predicted molar refractivity (Wildman–Crippen MR) is 103 cm³/mol. The van der Waals surface area contributed by atoms with Crippen LogP contribution in [0.2, 0.25) is 0 Å². The van der Waals surface area contributed by atoms with Gasteiger partial charge in [0.25, 0.3) is 5.91 Å². The lowest BCUT2D eigenvalue weighted by molar-refractivity contribution is 0.0945. The second-order valence-electron chi connectivity index (χ2n) is 6.20. The first-order valence-corrected chi connectivity index (χ1v) is 8.75. The van der Waals surface area contributed by atoms with Gasteiger partial charge in [-0.15, -0.1) is 0 Å². The van der Waals surface area contributed by atoms with E-state index in [2.05, 4.69) is 20.6 Å². The van der Waals surface area contributed by atoms with E-state index < -0.39 is 0 Å². The number of amides is 1. The molecule has 0 unspecified atom stereocenters. The van der Waals surface area contributed by atoms with E-state index in [0.29, 0.717) is 24.6 Å². The van der Waals surface area contributed by atoms with Gasteiger partial charge >= 0.3 is 0 Å². The molecule has 0 radical (unpaired) electrons. The van der Waals surface area contributed by atoms with Gasteiger partial charge in [0, 0.05) is 19.2 Å². The highest BCUT2D eigenvalue weighted by atomic mass is 19.1. The van der Waals surface area contributed by atoms with E-state index in [1.807, 2.05) is 31.2 Å². The van der Waals surface area contributed by atoms with Gasteiger partial charge in [-0.2, -0.15) is 0 Å². The highest BCUT2D eigenvalue weighted by Crippen LogP contribution is 2.09. The van der Waals surface area contributed by atoms with Crippen molar-refractivity contribution in [1.82, 2.24) is 15.3 Å². The Kier molecular flexibility index (Phi) is 6.10. The fourth-order valence-corrected chi connectivity index (χ4v) is 2.64. The minimum Gasteiger partial charge on any atom is -0.370 e. The number of nitrogens with zero attached hydrogens (tertiary/aromatic N) is 2. The van der Waals surface area contributed by atoms with Gasteiger partial charge in [-0.1, -0.05) is 36.4 Å². The van der Waals surface area contributed by atoms with Gasteiger partial charge in [0.1, 0.15) is 23.7 Å². The van der Waals surface area contributed by atoms with Crippen LogP contribution in [0.3, 0.4) is 0 Å². The molecule has 6 heteroatoms. The third-order valence-electron chi connectivity index (χ3n) is 4.23. The molecule has 0 bridgehead atoms. The van der Waals surface area contributed by atoms with Crippen LogP contribution in [0.1, 0.15) is 27.2 Å². The summed E-state index contributed by atoms with van der Waals surface area (Å²) in [6.45, 7) is 3.07. The van der Waals surface area contributed by atoms with Crippen LogP contribution in [0, 0.1) is 12.7 Å². The van der Waals surface area contributed by atoms with Crippen molar-refractivity contribution in [2.45, 2.75) is 19.9 Å². The Bertz CT molecular complexity index is 912. The molecule has 1 aromatic heterocycles. The van der Waals surface area contributed by atoms with E-state index in [1.165, 1.54) is 18.5 Å². The summed E-state index contributed by atoms with van der Waals surface area (Å²) in [4.78, 5) is 20.5. The highest BCUT2D eigenvalue weighted by molar-refractivity contribution is 5.92. The Morgan fingerprint density at radius 3 is 2.63 bits per heavy atom. The molecule has 0 saturated heterocycles. The third kappa shape index (κ3) is 5.34. The van der Waals surface area contributed by atoms with Gasteiger partial charge in [-0.25, -0.2) is 14.4 Å². The van der Waals surface area contributed by atoms with Crippen molar-refractivity contribution in [1.29, 1.82) is 0 Å². The molecule has 0 atom stereocenters. The maximum absolute atomic E-state index is 12.9. The molecule has 0 aliphatic carbocycles. The summed E-state index contributed by atoms with van der Waals surface area (Å²) in [7, 11) is 0. The fraction of sp³-hybridized carbons (Fsp3) is 0.190. The molecule has 0 spiro atoms. The number of benzene rings is 2. The first kappa shape index (κ1) is 18.5. The molecule has 0 saturated carbocycles. The first-order chi connectivity index (χ1) is 13.1. The molecule has 27 heavy (non-hydrogen) atoms. The molecule has 3 rings (SSSR count). The molecule has 5 nitrogen and oxygen atoms in total. The Labute approximate surface area is 157 Å². The zero-order valence-corrected chi connectivity index (χ0v) is 15.1. The smallest absolute Gasteiger partial charge is 0.270 e. The molecular weight excluding hydrogens is 343 g/mol. The molecule has 0 fully saturated rings. The standard InChI is InChI=1S/C21H21FN4O/c1-15-4-2-3-5-17(15)13-24-21(27)19-12-20(26-14-25-19)23-11-10-16-6-8-18(22)9-7-16/h2-9,12,14H,10-11,13H2,1H3,(H,24,27)(H,23,25,26). The number of rotatable bonds is 7. The van der Waals surface area contributed by atoms with Crippen LogP contribution in [-0.2, 0) is 13.0 Å². The van der Waals surface area contributed by atoms with E-state index in [4.69, 9.17) is 0 Å². The number of anilines is 1. The molecule has 0 aliphatic rings. The van der Waals surface area contributed by atoms with E-state index in [-0.39, 0.29) is 11.7 Å². The number of hydrogen-bond donors (Lipinski definition) is 2. The van der Waals surface area contributed by atoms with E-state index in [1.54, 1.807) is 18.2 Å². The summed E-state index contributed by atoms with van der Waals surface area (Å²) in [5, 5.41) is 6.04. The van der Waals surface area contributed by atoms with Crippen LogP contribution in [-0.4, -0.2) is 22.4 Å². The van der Waals surface area contributed by atoms with Crippen LogP contribution in [0.25, 0.3) is 0 Å². The van der Waals surface area contributed by atoms with Crippen molar-refractivity contribution in [2.75, 3.05) is 11.9 Å². The first-order valence-electron chi connectivity index (χ1n) is 8.75. The normalized spacial score (nSPS) is 10.4. The number of carbonyl (C=O) groups excluding carboxylic acids is 1. The van der Waals surface area contributed by atoms with Crippen LogP contribution in [0.5, 0.6) is 0 Å². The minimum absolute atomic E-state index is 0.246. The van der Waals surface area contributed by atoms with Crippen LogP contribution < -0.4 is 10.6 Å². The molecule has 1 amide bonds. The Morgan fingerprint density at radius 1 is 1.07 bits per heavy atom. The molecule has 0 aliphatic heterocycles. The molecule has 2 aromatic carbocycles. The number of nitrogens with one attached hydrogen (secondary N) is 2. The molecular formula is C21H21FN4O. The average molecular weight is 364 g/mol. The van der Waals surface area contributed by atoms with Crippen molar-refractivity contribution >= 4 is 11.7 Å². The third-order valence-corrected chi connectivity index (χ3v) is 4.23. The lowest BCUT2D eigenvalue weighted by atomic mass is 10.1. The summed E-state index contributed by atoms with van der Waals surface area (Å²) in [6, 6.07) is 15.9. The zero-order chi connectivity index (χ0) is 19.1. The molecule has 2 N–H and O–H groups in total. The largest absolute Gasteiger partial charge is 0.370 e. The highest BCUT2D eigenvalue weighted by Gasteiger charge is 2.09. The second kappa shape index (κ2) is 8.89. The van der Waals surface area contributed by atoms with Crippen molar-refractivity contribution in [3.05, 3.63) is 89.1 Å². The van der Waals surface area contributed by atoms with Crippen LogP contribution in [0.4, 0.5) is 10.2 Å². The maximum atomic E-state index is 12.9. The number of aromatic nitrogens is 2. The van der Waals surface area contributed by atoms with Crippen LogP contribution >= 0.6 is 0 Å². The van der Waals surface area contributed by atoms with Crippen molar-refractivity contribution in [2.24, 2.45) is 0 Å². The van der Waals surface area contributed by atoms with Gasteiger partial charge < -0.3 is 10.6 Å². The summed E-state index contributed by atoms with van der Waals surface area (Å²) >= 11 is 0. The number of halogens is 1. The van der Waals surface area contributed by atoms with Crippen molar-refractivity contribution in [3.8, 4) is 0 Å². The summed E-state index contributed by atoms with van der Waals surface area (Å²) in [6.07, 6.45) is 2.09. The van der Waals surface area contributed by atoms with E-state index in [9.17, 15) is 9.18 Å². The SMILES string of the molecule is Cc1ccccc1CNC(=O)c1cc(NCCc2ccc(F)cc2)ncn1. The zero-order valence-electron chi connectivity index (χ0n) is 15.1. The molecule has 3 aromatic rings. The van der Waals surface area contributed by atoms with Gasteiger partial charge in [0.05, 0.1) is 0 Å². The second-order valence-corrected chi connectivity index (χ2v) is 6.20. The Morgan fingerprint density at radius 2 is 1.85 bits per heavy atom. The summed E-state index contributed by atoms with van der Waals surface area (Å²) in [5.74, 6) is 0.0826. The van der Waals surface area contributed by atoms with Gasteiger partial charge in [-0.05, 0) is 42.2 Å². The average Bonchev–Trinajstić information content (AvgIpc) is 2.69. The van der Waals surface area contributed by atoms with Gasteiger partial charge in [0.2, 0.25) is 0 Å². The topological polar surface area (TPSA) is 66.9 Å². The van der Waals surface area contributed by atoms with Gasteiger partial charge in [0.15, 0.2) is 0 Å². The molecule has 138 valence electrons. The predicted octanol–water partition coefficient (Wildman–Crippen LogP) is 3.51. The van der Waals surface area contributed by atoms with Crippen molar-refractivity contribution in [3.63, 3.8) is 0 Å². The molecule has 1 heterocycles. The van der Waals surface area contributed by atoms with E-state index in [0.717, 1.165) is 23.1 Å². The lowest BCUT2D eigenvalue weighted by Gasteiger charge is -2.09. The monoisotopic (exact) mass is 364 g/mol. The van der Waals surface area contributed by atoms with Crippen LogP contribution in [0.15, 0.2) is 60.9 Å². The summed E-state index contributed by atoms with van der Waals surface area (Å²) in [5.41, 5.74) is 3.53. The number of hydrogen-bond acceptors (Lipinski definition) is 4. The minimum atomic E-state index is -0.248. The Balaban J connectivity index is 1.53. The number of aryl methyl sites for hydroxylation is 1. The van der Waals surface area contributed by atoms with Crippen molar-refractivity contribution < 1.29 is 9.18 Å². The lowest BCUT2D eigenvalue weighted by Crippen LogP contribution is -2.24. The quantitative estimate of drug-likeness (QED) is 0.673. The number of carbonyl (C=O) groups is 1. The Hall–Kier alpha value is -3.28. The maximum Gasteiger partial charge on any atom is 0.270 e.